The van der Waals surface area contributed by atoms with Crippen molar-refractivity contribution >= 4 is 21.6 Å². The van der Waals surface area contributed by atoms with Gasteiger partial charge in [-0.05, 0) is 43.2 Å². The molecule has 0 aliphatic rings. The number of benzene rings is 2. The van der Waals surface area contributed by atoms with E-state index in [0.717, 1.165) is 11.3 Å². The molecule has 0 atom stereocenters. The van der Waals surface area contributed by atoms with E-state index >= 15 is 0 Å². The summed E-state index contributed by atoms with van der Waals surface area (Å²) in [5, 5.41) is 2.79. The molecule has 27 heavy (non-hydrogen) atoms. The molecule has 0 saturated carbocycles. The van der Waals surface area contributed by atoms with Gasteiger partial charge in [0, 0.05) is 13.0 Å². The number of hydrogen-bond donors (Lipinski definition) is 1. The summed E-state index contributed by atoms with van der Waals surface area (Å²) in [6, 6.07) is 16.6. The Kier molecular flexibility index (Phi) is 7.67. The van der Waals surface area contributed by atoms with Gasteiger partial charge < -0.3 is 10.1 Å². The molecule has 7 heteroatoms. The lowest BCUT2D eigenvalue weighted by atomic mass is 10.2. The fourth-order valence-electron chi connectivity index (χ4n) is 2.62. The molecule has 1 N–H and O–H groups in total. The number of carbonyl (C=O) groups excluding carboxylic acids is 1. The first-order chi connectivity index (χ1) is 12.9. The Hall–Kier alpha value is -2.54. The lowest BCUT2D eigenvalue weighted by Gasteiger charge is -2.22. The van der Waals surface area contributed by atoms with Crippen LogP contribution in [-0.2, 0) is 14.8 Å². The van der Waals surface area contributed by atoms with Crippen LogP contribution in [-0.4, -0.2) is 40.3 Å². The Balaban J connectivity index is 1.71. The summed E-state index contributed by atoms with van der Waals surface area (Å²) in [5.41, 5.74) is 1.72. The topological polar surface area (TPSA) is 75.7 Å². The summed E-state index contributed by atoms with van der Waals surface area (Å²) in [7, 11) is -3.39. The van der Waals surface area contributed by atoms with Crippen LogP contribution in [0, 0.1) is 6.92 Å². The molecule has 0 aromatic heterocycles. The molecule has 6 nitrogen and oxygen atoms in total. The molecule has 0 bridgehead atoms. The van der Waals surface area contributed by atoms with Crippen LogP contribution in [0.4, 0.5) is 5.69 Å². The van der Waals surface area contributed by atoms with E-state index < -0.39 is 10.0 Å². The van der Waals surface area contributed by atoms with Gasteiger partial charge in [0.25, 0.3) is 0 Å². The zero-order valence-electron chi connectivity index (χ0n) is 15.7. The van der Waals surface area contributed by atoms with E-state index in [-0.39, 0.29) is 18.9 Å². The Labute approximate surface area is 161 Å². The van der Waals surface area contributed by atoms with Gasteiger partial charge in [-0.2, -0.15) is 0 Å². The van der Waals surface area contributed by atoms with Crippen LogP contribution >= 0.6 is 0 Å². The van der Waals surface area contributed by atoms with Crippen molar-refractivity contribution in [2.75, 3.05) is 30.3 Å². The lowest BCUT2D eigenvalue weighted by Crippen LogP contribution is -2.32. The Morgan fingerprint density at radius 3 is 2.52 bits per heavy atom. The summed E-state index contributed by atoms with van der Waals surface area (Å²) in [4.78, 5) is 11.9. The van der Waals surface area contributed by atoms with E-state index in [4.69, 9.17) is 4.74 Å². The van der Waals surface area contributed by atoms with E-state index in [0.29, 0.717) is 25.3 Å². The molecule has 0 spiro atoms. The quantitative estimate of drug-likeness (QED) is 0.633. The predicted octanol–water partition coefficient (Wildman–Crippen LogP) is 2.74. The third-order valence-electron chi connectivity index (χ3n) is 3.89. The van der Waals surface area contributed by atoms with Crippen molar-refractivity contribution < 1.29 is 17.9 Å². The van der Waals surface area contributed by atoms with Crippen molar-refractivity contribution in [1.82, 2.24) is 5.32 Å². The van der Waals surface area contributed by atoms with Crippen LogP contribution in [0.25, 0.3) is 0 Å². The molecule has 0 fully saturated rings. The highest BCUT2D eigenvalue weighted by atomic mass is 32.2. The van der Waals surface area contributed by atoms with Gasteiger partial charge in [0.2, 0.25) is 15.9 Å². The first-order valence-electron chi connectivity index (χ1n) is 8.85. The molecule has 0 aliphatic heterocycles. The highest BCUT2D eigenvalue weighted by Crippen LogP contribution is 2.17. The van der Waals surface area contributed by atoms with Crippen molar-refractivity contribution in [2.24, 2.45) is 0 Å². The van der Waals surface area contributed by atoms with Crippen molar-refractivity contribution in [1.29, 1.82) is 0 Å². The number of rotatable bonds is 10. The molecule has 2 rings (SSSR count). The third kappa shape index (κ3) is 7.30. The SMILES string of the molecule is Cc1cccc(OCCNC(=O)CCCN(c2ccccc2)S(C)(=O)=O)c1. The average molecular weight is 391 g/mol. The minimum Gasteiger partial charge on any atom is -0.492 e. The van der Waals surface area contributed by atoms with Crippen molar-refractivity contribution in [3.05, 3.63) is 60.2 Å². The van der Waals surface area contributed by atoms with Crippen LogP contribution in [0.15, 0.2) is 54.6 Å². The number of nitrogens with one attached hydrogen (secondary N) is 1. The molecule has 0 heterocycles. The molecule has 1 amide bonds. The first-order valence-corrected chi connectivity index (χ1v) is 10.7. The van der Waals surface area contributed by atoms with E-state index in [1.165, 1.54) is 10.6 Å². The Morgan fingerprint density at radius 1 is 1.11 bits per heavy atom. The van der Waals surface area contributed by atoms with Gasteiger partial charge in [-0.15, -0.1) is 0 Å². The fourth-order valence-corrected chi connectivity index (χ4v) is 3.58. The molecule has 0 radical (unpaired) electrons. The van der Waals surface area contributed by atoms with Gasteiger partial charge in [0.05, 0.1) is 18.5 Å². The van der Waals surface area contributed by atoms with Gasteiger partial charge in [0.15, 0.2) is 0 Å². The van der Waals surface area contributed by atoms with Gasteiger partial charge in [-0.3, -0.25) is 9.10 Å². The molecular weight excluding hydrogens is 364 g/mol. The molecule has 0 unspecified atom stereocenters. The van der Waals surface area contributed by atoms with E-state index in [9.17, 15) is 13.2 Å². The molecule has 2 aromatic carbocycles. The zero-order valence-corrected chi connectivity index (χ0v) is 16.5. The second-order valence-electron chi connectivity index (χ2n) is 6.29. The number of aryl methyl sites for hydroxylation is 1. The maximum Gasteiger partial charge on any atom is 0.232 e. The van der Waals surface area contributed by atoms with Crippen LogP contribution in [0.2, 0.25) is 0 Å². The number of hydrogen-bond acceptors (Lipinski definition) is 4. The second kappa shape index (κ2) is 9.97. The van der Waals surface area contributed by atoms with Gasteiger partial charge in [0.1, 0.15) is 12.4 Å². The minimum absolute atomic E-state index is 0.121. The summed E-state index contributed by atoms with van der Waals surface area (Å²) in [5.74, 6) is 0.653. The van der Waals surface area contributed by atoms with E-state index in [2.05, 4.69) is 5.32 Å². The van der Waals surface area contributed by atoms with Gasteiger partial charge in [-0.25, -0.2) is 8.42 Å². The number of carbonyl (C=O) groups is 1. The summed E-state index contributed by atoms with van der Waals surface area (Å²) >= 11 is 0. The maximum atomic E-state index is 12.0. The number of ether oxygens (including phenoxy) is 1. The number of amides is 1. The Bertz CT molecular complexity index is 838. The first kappa shape index (κ1) is 20.8. The molecule has 2 aromatic rings. The maximum absolute atomic E-state index is 12.0. The van der Waals surface area contributed by atoms with Crippen LogP contribution in [0.3, 0.4) is 0 Å². The summed E-state index contributed by atoms with van der Waals surface area (Å²) < 4.78 is 30.9. The highest BCUT2D eigenvalue weighted by Gasteiger charge is 2.17. The standard InChI is InChI=1S/C20H26N2O4S/c1-17-8-6-11-19(16-17)26-15-13-21-20(23)12-7-14-22(27(2,24)25)18-9-4-3-5-10-18/h3-6,8-11,16H,7,12-15H2,1-2H3,(H,21,23). The summed E-state index contributed by atoms with van der Waals surface area (Å²) in [6.07, 6.45) is 1.86. The van der Waals surface area contributed by atoms with Crippen molar-refractivity contribution in [3.8, 4) is 5.75 Å². The summed E-state index contributed by atoms with van der Waals surface area (Å²) in [6.45, 7) is 3.04. The minimum atomic E-state index is -3.39. The van der Waals surface area contributed by atoms with E-state index in [1.807, 2.05) is 37.3 Å². The van der Waals surface area contributed by atoms with Crippen molar-refractivity contribution in [2.45, 2.75) is 19.8 Å². The number of sulfonamides is 1. The fraction of sp³-hybridized carbons (Fsp3) is 0.350. The smallest absolute Gasteiger partial charge is 0.232 e. The van der Waals surface area contributed by atoms with Gasteiger partial charge in [-0.1, -0.05) is 30.3 Å². The Morgan fingerprint density at radius 2 is 1.85 bits per heavy atom. The van der Waals surface area contributed by atoms with E-state index in [1.54, 1.807) is 24.3 Å². The largest absolute Gasteiger partial charge is 0.492 e. The molecular formula is C20H26N2O4S. The molecule has 0 aliphatic carbocycles. The second-order valence-corrected chi connectivity index (χ2v) is 8.20. The third-order valence-corrected chi connectivity index (χ3v) is 5.09. The van der Waals surface area contributed by atoms with Gasteiger partial charge >= 0.3 is 0 Å². The lowest BCUT2D eigenvalue weighted by molar-refractivity contribution is -0.121. The average Bonchev–Trinajstić information content (AvgIpc) is 2.62. The normalized spacial score (nSPS) is 11.0. The van der Waals surface area contributed by atoms with Crippen LogP contribution < -0.4 is 14.4 Å². The molecule has 0 saturated heterocycles. The van der Waals surface area contributed by atoms with Crippen LogP contribution in [0.1, 0.15) is 18.4 Å². The van der Waals surface area contributed by atoms with Crippen LogP contribution in [0.5, 0.6) is 5.75 Å². The van der Waals surface area contributed by atoms with Crippen molar-refractivity contribution in [3.63, 3.8) is 0 Å². The number of nitrogens with zero attached hydrogens (tertiary/aromatic N) is 1. The predicted molar refractivity (Wildman–Crippen MR) is 108 cm³/mol. The zero-order chi connectivity index (χ0) is 19.7. The number of anilines is 1. The monoisotopic (exact) mass is 390 g/mol. The highest BCUT2D eigenvalue weighted by molar-refractivity contribution is 7.92. The molecule has 146 valence electrons. The number of para-hydroxylation sites is 1.